The van der Waals surface area contributed by atoms with Crippen molar-refractivity contribution in [2.24, 2.45) is 10.9 Å². The van der Waals surface area contributed by atoms with Crippen molar-refractivity contribution in [3.63, 3.8) is 0 Å². The van der Waals surface area contributed by atoms with Crippen molar-refractivity contribution in [3.05, 3.63) is 59.5 Å². The average Bonchev–Trinajstić information content (AvgIpc) is 3.06. The zero-order valence-electron chi connectivity index (χ0n) is 10.1. The molecule has 0 unspecified atom stereocenters. The molecule has 2 N–H and O–H groups in total. The van der Waals surface area contributed by atoms with Gasteiger partial charge in [0.15, 0.2) is 0 Å². The third-order valence-electron chi connectivity index (χ3n) is 3.12. The Balaban J connectivity index is 1.88. The van der Waals surface area contributed by atoms with Gasteiger partial charge in [0, 0.05) is 12.0 Å². The third-order valence-corrected chi connectivity index (χ3v) is 3.12. The summed E-state index contributed by atoms with van der Waals surface area (Å²) in [5.74, 6) is 5.66. The number of benzene rings is 1. The number of hydrogen-bond acceptors (Lipinski definition) is 5. The van der Waals surface area contributed by atoms with E-state index in [0.717, 1.165) is 5.56 Å². The second-order valence-electron chi connectivity index (χ2n) is 4.24. The van der Waals surface area contributed by atoms with E-state index in [4.69, 9.17) is 15.0 Å². The van der Waals surface area contributed by atoms with Crippen molar-refractivity contribution in [1.82, 2.24) is 0 Å². The monoisotopic (exact) mass is 256 g/mol. The smallest absolute Gasteiger partial charge is 0.339 e. The van der Waals surface area contributed by atoms with E-state index in [9.17, 15) is 4.79 Å². The van der Waals surface area contributed by atoms with Gasteiger partial charge in [0.2, 0.25) is 0 Å². The van der Waals surface area contributed by atoms with E-state index in [2.05, 4.69) is 5.10 Å². The first-order chi connectivity index (χ1) is 9.29. The minimum atomic E-state index is -0.365. The Morgan fingerprint density at radius 3 is 2.84 bits per heavy atom. The van der Waals surface area contributed by atoms with E-state index < -0.39 is 0 Å². The van der Waals surface area contributed by atoms with Crippen LogP contribution in [0.5, 0.6) is 0 Å². The van der Waals surface area contributed by atoms with Gasteiger partial charge in [-0.15, -0.1) is 0 Å². The van der Waals surface area contributed by atoms with Crippen molar-refractivity contribution in [3.8, 4) is 0 Å². The van der Waals surface area contributed by atoms with Crippen molar-refractivity contribution >= 4 is 11.7 Å². The Morgan fingerprint density at radius 2 is 2.11 bits per heavy atom. The molecule has 1 aliphatic rings. The van der Waals surface area contributed by atoms with E-state index in [1.54, 1.807) is 24.5 Å². The Morgan fingerprint density at radius 1 is 1.26 bits per heavy atom. The van der Waals surface area contributed by atoms with Crippen LogP contribution in [-0.4, -0.2) is 11.7 Å². The molecule has 1 aliphatic heterocycles. The molecule has 5 nitrogen and oxygen atoms in total. The lowest BCUT2D eigenvalue weighted by Crippen LogP contribution is -2.10. The summed E-state index contributed by atoms with van der Waals surface area (Å²) in [5.41, 5.74) is 2.03. The van der Waals surface area contributed by atoms with Crippen LogP contribution in [0.2, 0.25) is 0 Å². The summed E-state index contributed by atoms with van der Waals surface area (Å²) < 4.78 is 10.6. The molecular formula is C14H12N2O3. The van der Waals surface area contributed by atoms with Crippen molar-refractivity contribution < 1.29 is 13.9 Å². The number of fused-ring (bicyclic) bond motifs is 1. The first-order valence-corrected chi connectivity index (χ1v) is 5.90. The van der Waals surface area contributed by atoms with Gasteiger partial charge >= 0.3 is 5.97 Å². The number of cyclic esters (lactones) is 1. The molecule has 3 rings (SSSR count). The van der Waals surface area contributed by atoms with Gasteiger partial charge in [-0.1, -0.05) is 18.2 Å². The molecule has 1 atom stereocenters. The van der Waals surface area contributed by atoms with Gasteiger partial charge in [0.1, 0.15) is 17.6 Å². The van der Waals surface area contributed by atoms with Gasteiger partial charge < -0.3 is 15.0 Å². The predicted molar refractivity (Wildman–Crippen MR) is 68.6 cm³/mol. The van der Waals surface area contributed by atoms with Crippen LogP contribution >= 0.6 is 0 Å². The van der Waals surface area contributed by atoms with Crippen molar-refractivity contribution in [2.45, 2.75) is 12.5 Å². The van der Waals surface area contributed by atoms with Gasteiger partial charge in [-0.2, -0.15) is 5.10 Å². The quantitative estimate of drug-likeness (QED) is 0.395. The van der Waals surface area contributed by atoms with Gasteiger partial charge in [0.25, 0.3) is 0 Å². The lowest BCUT2D eigenvalue weighted by molar-refractivity contribution is 0.0400. The predicted octanol–water partition coefficient (Wildman–Crippen LogP) is 2.24. The molecule has 1 aromatic carbocycles. The molecule has 19 heavy (non-hydrogen) atoms. The highest BCUT2D eigenvalue weighted by molar-refractivity contribution is 6.00. The highest BCUT2D eigenvalue weighted by atomic mass is 16.5. The van der Waals surface area contributed by atoms with Crippen LogP contribution in [0.3, 0.4) is 0 Å². The Hall–Kier alpha value is -2.56. The lowest BCUT2D eigenvalue weighted by Gasteiger charge is -2.10. The zero-order valence-corrected chi connectivity index (χ0v) is 10.1. The summed E-state index contributed by atoms with van der Waals surface area (Å²) in [6.07, 6.45) is 1.58. The second kappa shape index (κ2) is 4.61. The molecule has 0 amide bonds. The minimum absolute atomic E-state index is 0.309. The fraction of sp³-hybridized carbons (Fsp3) is 0.143. The van der Waals surface area contributed by atoms with E-state index in [0.29, 0.717) is 23.5 Å². The molecule has 0 fully saturated rings. The van der Waals surface area contributed by atoms with E-state index >= 15 is 0 Å². The Kier molecular flexibility index (Phi) is 2.79. The van der Waals surface area contributed by atoms with E-state index in [1.165, 1.54) is 0 Å². The van der Waals surface area contributed by atoms with Crippen LogP contribution in [-0.2, 0) is 4.74 Å². The number of nitrogens with two attached hydrogens (primary N) is 1. The normalized spacial score (nSPS) is 18.2. The molecule has 96 valence electrons. The maximum atomic E-state index is 11.7. The number of carbonyl (C=O) groups is 1. The van der Waals surface area contributed by atoms with Crippen LogP contribution in [0, 0.1) is 0 Å². The Bertz CT molecular complexity index is 632. The molecule has 2 aromatic rings. The average molecular weight is 256 g/mol. The van der Waals surface area contributed by atoms with Crippen LogP contribution in [0.1, 0.15) is 34.2 Å². The lowest BCUT2D eigenvalue weighted by atomic mass is 10.0. The number of hydrogen-bond donors (Lipinski definition) is 1. The summed E-state index contributed by atoms with van der Waals surface area (Å²) in [4.78, 5) is 11.7. The SMILES string of the molecule is N/N=C(\C[C@@H]1OC(=O)c2ccccc21)c1ccco1. The number of nitrogens with zero attached hydrogens (tertiary/aromatic N) is 1. The topological polar surface area (TPSA) is 77.8 Å². The molecule has 0 bridgehead atoms. The number of carbonyl (C=O) groups excluding carboxylic acids is 1. The van der Waals surface area contributed by atoms with Gasteiger partial charge in [-0.25, -0.2) is 4.79 Å². The summed E-state index contributed by atoms with van der Waals surface area (Å²) >= 11 is 0. The highest BCUT2D eigenvalue weighted by Crippen LogP contribution is 2.33. The number of rotatable bonds is 3. The fourth-order valence-corrected chi connectivity index (χ4v) is 2.21. The number of furan rings is 1. The molecule has 0 saturated heterocycles. The number of hydrazone groups is 1. The largest absolute Gasteiger partial charge is 0.463 e. The molecule has 5 heteroatoms. The fourth-order valence-electron chi connectivity index (χ4n) is 2.21. The maximum absolute atomic E-state index is 11.7. The second-order valence-corrected chi connectivity index (χ2v) is 4.24. The summed E-state index contributed by atoms with van der Waals surface area (Å²) in [6, 6.07) is 10.8. The van der Waals surface area contributed by atoms with Crippen LogP contribution < -0.4 is 5.84 Å². The molecule has 1 aromatic heterocycles. The highest BCUT2D eigenvalue weighted by Gasteiger charge is 2.32. The maximum Gasteiger partial charge on any atom is 0.339 e. The summed E-state index contributed by atoms with van der Waals surface area (Å²) in [7, 11) is 0. The van der Waals surface area contributed by atoms with Crippen LogP contribution in [0.4, 0.5) is 0 Å². The molecule has 2 heterocycles. The summed E-state index contributed by atoms with van der Waals surface area (Å²) in [5, 5.41) is 3.72. The van der Waals surface area contributed by atoms with E-state index in [1.807, 2.05) is 18.2 Å². The summed E-state index contributed by atoms with van der Waals surface area (Å²) in [6.45, 7) is 0. The zero-order chi connectivity index (χ0) is 13.2. The number of esters is 1. The first kappa shape index (κ1) is 11.5. The molecule has 0 radical (unpaired) electrons. The van der Waals surface area contributed by atoms with Crippen LogP contribution in [0.15, 0.2) is 52.2 Å². The third kappa shape index (κ3) is 1.99. The minimum Gasteiger partial charge on any atom is -0.463 e. The van der Waals surface area contributed by atoms with Gasteiger partial charge in [-0.3, -0.25) is 0 Å². The molecule has 0 saturated carbocycles. The standard InChI is InChI=1S/C14H12N2O3/c15-16-11(12-6-3-7-18-12)8-13-9-4-1-2-5-10(9)14(17)19-13/h1-7,13H,8,15H2/b16-11+/t13-/m0/s1. The molecule has 0 spiro atoms. The van der Waals surface area contributed by atoms with Gasteiger partial charge in [-0.05, 0) is 18.2 Å². The Labute approximate surface area is 109 Å². The van der Waals surface area contributed by atoms with Gasteiger partial charge in [0.05, 0.1) is 11.8 Å². The van der Waals surface area contributed by atoms with Crippen LogP contribution in [0.25, 0.3) is 0 Å². The van der Waals surface area contributed by atoms with Crippen molar-refractivity contribution in [1.29, 1.82) is 0 Å². The molecule has 0 aliphatic carbocycles. The number of ether oxygens (including phenoxy) is 1. The van der Waals surface area contributed by atoms with Crippen molar-refractivity contribution in [2.75, 3.05) is 0 Å². The molecular weight excluding hydrogens is 244 g/mol. The first-order valence-electron chi connectivity index (χ1n) is 5.90. The van der Waals surface area contributed by atoms with E-state index in [-0.39, 0.29) is 12.1 Å².